The molecule has 0 aliphatic carbocycles. The summed E-state index contributed by atoms with van der Waals surface area (Å²) in [5.74, 6) is -0.846. The van der Waals surface area contributed by atoms with Gasteiger partial charge in [0, 0.05) is 24.2 Å². The first-order valence-electron chi connectivity index (χ1n) is 9.78. The third kappa shape index (κ3) is 3.70. The molecule has 1 aromatic heterocycles. The van der Waals surface area contributed by atoms with Crippen LogP contribution in [0, 0.1) is 25.6 Å². The molecular formula is C23H22FN3O3. The fourth-order valence-corrected chi connectivity index (χ4v) is 3.79. The van der Waals surface area contributed by atoms with E-state index in [0.717, 1.165) is 16.9 Å². The molecular weight excluding hydrogens is 385 g/mol. The molecule has 0 bridgehead atoms. The molecule has 1 aliphatic heterocycles. The van der Waals surface area contributed by atoms with Crippen molar-refractivity contribution in [3.05, 3.63) is 77.4 Å². The highest BCUT2D eigenvalue weighted by Gasteiger charge is 2.38. The summed E-state index contributed by atoms with van der Waals surface area (Å²) in [4.78, 5) is 29.1. The summed E-state index contributed by atoms with van der Waals surface area (Å²) in [7, 11) is 0. The number of aromatic nitrogens is 1. The van der Waals surface area contributed by atoms with Gasteiger partial charge < -0.3 is 14.3 Å². The molecule has 2 aromatic carbocycles. The first-order chi connectivity index (χ1) is 14.5. The molecule has 4 rings (SSSR count). The van der Waals surface area contributed by atoms with Crippen LogP contribution in [0.1, 0.15) is 23.4 Å². The van der Waals surface area contributed by atoms with E-state index in [4.69, 9.17) is 4.52 Å². The van der Waals surface area contributed by atoms with Crippen molar-refractivity contribution in [1.82, 2.24) is 5.16 Å². The van der Waals surface area contributed by atoms with Crippen LogP contribution in [0.2, 0.25) is 0 Å². The number of carbonyl (C=O) groups excluding carboxylic acids is 2. The summed E-state index contributed by atoms with van der Waals surface area (Å²) in [6.45, 7) is 4.07. The summed E-state index contributed by atoms with van der Waals surface area (Å²) in [6.07, 6.45) is 0.0398. The molecule has 1 atom stereocenters. The van der Waals surface area contributed by atoms with Crippen molar-refractivity contribution >= 4 is 23.2 Å². The summed E-state index contributed by atoms with van der Waals surface area (Å²) < 4.78 is 19.5. The maximum atomic E-state index is 14.2. The number of rotatable bonds is 5. The summed E-state index contributed by atoms with van der Waals surface area (Å²) in [6, 6.07) is 15.4. The van der Waals surface area contributed by atoms with E-state index in [1.165, 1.54) is 11.0 Å². The molecule has 1 unspecified atom stereocenters. The quantitative estimate of drug-likeness (QED) is 0.641. The van der Waals surface area contributed by atoms with E-state index < -0.39 is 11.7 Å². The molecule has 30 heavy (non-hydrogen) atoms. The molecule has 1 aliphatic rings. The maximum Gasteiger partial charge on any atom is 0.232 e. The SMILES string of the molecule is Cc1noc(C)c1CN(C(=O)C1CC(=O)N(c2ccccc2F)C1)c1ccccc1. The van der Waals surface area contributed by atoms with Gasteiger partial charge in [0.05, 0.1) is 23.8 Å². The lowest BCUT2D eigenvalue weighted by Crippen LogP contribution is -2.37. The molecule has 154 valence electrons. The molecule has 0 N–H and O–H groups in total. The summed E-state index contributed by atoms with van der Waals surface area (Å²) in [5, 5.41) is 3.98. The molecule has 2 heterocycles. The van der Waals surface area contributed by atoms with E-state index in [1.807, 2.05) is 44.2 Å². The lowest BCUT2D eigenvalue weighted by atomic mass is 10.1. The van der Waals surface area contributed by atoms with Gasteiger partial charge in [-0.2, -0.15) is 0 Å². The standard InChI is InChI=1S/C23H22FN3O3/c1-15-19(16(2)30-25-15)14-26(18-8-4-3-5-9-18)23(29)17-12-22(28)27(13-17)21-11-7-6-10-20(21)24/h3-11,17H,12-14H2,1-2H3. The van der Waals surface area contributed by atoms with Gasteiger partial charge in [-0.05, 0) is 38.1 Å². The number of aryl methyl sites for hydroxylation is 2. The van der Waals surface area contributed by atoms with Crippen molar-refractivity contribution in [3.63, 3.8) is 0 Å². The lowest BCUT2D eigenvalue weighted by Gasteiger charge is -2.26. The van der Waals surface area contributed by atoms with Gasteiger partial charge in [-0.15, -0.1) is 0 Å². The zero-order valence-corrected chi connectivity index (χ0v) is 16.8. The smallest absolute Gasteiger partial charge is 0.232 e. The van der Waals surface area contributed by atoms with Crippen LogP contribution in [0.5, 0.6) is 0 Å². The van der Waals surface area contributed by atoms with Gasteiger partial charge >= 0.3 is 0 Å². The van der Waals surface area contributed by atoms with Crippen LogP contribution in [-0.4, -0.2) is 23.5 Å². The van der Waals surface area contributed by atoms with Crippen LogP contribution in [0.15, 0.2) is 59.1 Å². The highest BCUT2D eigenvalue weighted by molar-refractivity contribution is 6.04. The average molecular weight is 407 g/mol. The van der Waals surface area contributed by atoms with Crippen LogP contribution in [0.4, 0.5) is 15.8 Å². The molecule has 3 aromatic rings. The molecule has 0 radical (unpaired) electrons. The molecule has 6 nitrogen and oxygen atoms in total. The van der Waals surface area contributed by atoms with Crippen molar-refractivity contribution in [2.45, 2.75) is 26.8 Å². The zero-order chi connectivity index (χ0) is 21.3. The molecule has 7 heteroatoms. The minimum Gasteiger partial charge on any atom is -0.361 e. The number of hydrogen-bond donors (Lipinski definition) is 0. The highest BCUT2D eigenvalue weighted by atomic mass is 19.1. The van der Waals surface area contributed by atoms with Crippen LogP contribution in [0.25, 0.3) is 0 Å². The highest BCUT2D eigenvalue weighted by Crippen LogP contribution is 2.30. The van der Waals surface area contributed by atoms with Crippen molar-refractivity contribution < 1.29 is 18.5 Å². The van der Waals surface area contributed by atoms with Gasteiger partial charge in [-0.25, -0.2) is 4.39 Å². The number of nitrogens with zero attached hydrogens (tertiary/aromatic N) is 3. The van der Waals surface area contributed by atoms with E-state index in [9.17, 15) is 14.0 Å². The van der Waals surface area contributed by atoms with Crippen molar-refractivity contribution in [2.24, 2.45) is 5.92 Å². The Morgan fingerprint density at radius 1 is 1.17 bits per heavy atom. The van der Waals surface area contributed by atoms with Gasteiger partial charge in [0.25, 0.3) is 0 Å². The number of para-hydroxylation sites is 2. The molecule has 0 saturated carbocycles. The third-order valence-corrected chi connectivity index (χ3v) is 5.45. The minimum absolute atomic E-state index is 0.0398. The number of anilines is 2. The largest absolute Gasteiger partial charge is 0.361 e. The Labute approximate surface area is 173 Å². The Bertz CT molecular complexity index is 1060. The first-order valence-corrected chi connectivity index (χ1v) is 9.78. The molecule has 1 fully saturated rings. The van der Waals surface area contributed by atoms with Crippen LogP contribution in [0.3, 0.4) is 0 Å². The number of halogens is 1. The number of amides is 2. The fourth-order valence-electron chi connectivity index (χ4n) is 3.79. The first kappa shape index (κ1) is 19.8. The number of hydrogen-bond acceptors (Lipinski definition) is 4. The van der Waals surface area contributed by atoms with Crippen molar-refractivity contribution in [2.75, 3.05) is 16.3 Å². The van der Waals surface area contributed by atoms with E-state index in [1.54, 1.807) is 23.1 Å². The van der Waals surface area contributed by atoms with Gasteiger partial charge in [0.1, 0.15) is 11.6 Å². The summed E-state index contributed by atoms with van der Waals surface area (Å²) >= 11 is 0. The Morgan fingerprint density at radius 3 is 2.53 bits per heavy atom. The van der Waals surface area contributed by atoms with Gasteiger partial charge in [-0.3, -0.25) is 9.59 Å². The Kier molecular flexibility index (Phi) is 5.35. The second-order valence-electron chi connectivity index (χ2n) is 7.42. The fraction of sp³-hybridized carbons (Fsp3) is 0.261. The van der Waals surface area contributed by atoms with E-state index in [0.29, 0.717) is 5.76 Å². The molecule has 2 amide bonds. The predicted molar refractivity (Wildman–Crippen MR) is 110 cm³/mol. The monoisotopic (exact) mass is 407 g/mol. The lowest BCUT2D eigenvalue weighted by molar-refractivity contribution is -0.124. The molecule has 0 spiro atoms. The minimum atomic E-state index is -0.571. The predicted octanol–water partition coefficient (Wildman–Crippen LogP) is 4.02. The number of benzene rings is 2. The second kappa shape index (κ2) is 8.10. The Balaban J connectivity index is 1.62. The van der Waals surface area contributed by atoms with E-state index in [2.05, 4.69) is 5.16 Å². The topological polar surface area (TPSA) is 66.7 Å². The van der Waals surface area contributed by atoms with E-state index >= 15 is 0 Å². The van der Waals surface area contributed by atoms with Crippen molar-refractivity contribution in [3.8, 4) is 0 Å². The third-order valence-electron chi connectivity index (χ3n) is 5.45. The van der Waals surface area contributed by atoms with Gasteiger partial charge in [0.15, 0.2) is 0 Å². The van der Waals surface area contributed by atoms with Gasteiger partial charge in [-0.1, -0.05) is 35.5 Å². The number of carbonyl (C=O) groups is 2. The Hall–Kier alpha value is -3.48. The maximum absolute atomic E-state index is 14.2. The van der Waals surface area contributed by atoms with Crippen LogP contribution >= 0.6 is 0 Å². The molecule has 1 saturated heterocycles. The van der Waals surface area contributed by atoms with Gasteiger partial charge in [0.2, 0.25) is 11.8 Å². The average Bonchev–Trinajstić information content (AvgIpc) is 3.29. The summed E-state index contributed by atoms with van der Waals surface area (Å²) in [5.41, 5.74) is 2.48. The zero-order valence-electron chi connectivity index (χ0n) is 16.8. The van der Waals surface area contributed by atoms with Crippen LogP contribution in [-0.2, 0) is 16.1 Å². The normalized spacial score (nSPS) is 16.2. The van der Waals surface area contributed by atoms with E-state index in [-0.39, 0.29) is 37.0 Å². The Morgan fingerprint density at radius 2 is 1.87 bits per heavy atom. The van der Waals surface area contributed by atoms with Crippen LogP contribution < -0.4 is 9.80 Å². The van der Waals surface area contributed by atoms with Crippen molar-refractivity contribution in [1.29, 1.82) is 0 Å². The second-order valence-corrected chi connectivity index (χ2v) is 7.42.